The van der Waals surface area contributed by atoms with Gasteiger partial charge in [0, 0.05) is 40.7 Å². The van der Waals surface area contributed by atoms with Gasteiger partial charge in [-0.15, -0.1) is 0 Å². The maximum Gasteiger partial charge on any atom is 0.349 e. The van der Waals surface area contributed by atoms with Gasteiger partial charge in [-0.3, -0.25) is 4.79 Å². The topological polar surface area (TPSA) is 243 Å². The van der Waals surface area contributed by atoms with Gasteiger partial charge in [0.2, 0.25) is 5.78 Å². The first-order chi connectivity index (χ1) is 25.4. The summed E-state index contributed by atoms with van der Waals surface area (Å²) < 4.78 is 47.2. The molecule has 4 aliphatic heterocycles. The van der Waals surface area contributed by atoms with Gasteiger partial charge in [-0.25, -0.2) is 28.8 Å². The molecule has 0 aromatic rings. The van der Waals surface area contributed by atoms with Crippen LogP contribution in [0.5, 0.6) is 0 Å². The Morgan fingerprint density at radius 1 is 0.630 bits per heavy atom. The number of aliphatic hydroxyl groups excluding tert-OH is 2. The van der Waals surface area contributed by atoms with Crippen LogP contribution in [0.2, 0.25) is 0 Å². The lowest BCUT2D eigenvalue weighted by Gasteiger charge is -2.47. The van der Waals surface area contributed by atoms with Crippen LogP contribution in [0.15, 0.2) is 94.9 Å². The van der Waals surface area contributed by atoms with Crippen LogP contribution in [0.25, 0.3) is 0 Å². The number of carbonyl (C=O) groups is 7. The fraction of sp³-hybridized carbons (Fsp3) is 0.361. The Bertz CT molecular complexity index is 1900. The highest BCUT2D eigenvalue weighted by Crippen LogP contribution is 2.46. The average molecular weight is 755 g/mol. The zero-order valence-corrected chi connectivity index (χ0v) is 29.2. The van der Waals surface area contributed by atoms with Gasteiger partial charge in [0.05, 0.1) is 0 Å². The molecule has 5 aliphatic rings. The largest absolute Gasteiger partial charge is 0.480 e. The second-order valence-corrected chi connectivity index (χ2v) is 12.5. The van der Waals surface area contributed by atoms with Crippen molar-refractivity contribution in [2.45, 2.75) is 69.6 Å². The molecular weight excluding hydrogens is 720 g/mol. The fourth-order valence-corrected chi connectivity index (χ4v) is 5.62. The molecule has 18 nitrogen and oxygen atoms in total. The highest BCUT2D eigenvalue weighted by atomic mass is 16.8. The number of hydrogen-bond acceptors (Lipinski definition) is 18. The SMILES string of the molecule is COCC1(C)OC(=O)C(/C=C/C=C/C=C2C(=O)OC3(CCCC4(C3)OC(=O)C(/C=C/C=C/C=C3C(=O)OC(C)(C(C)=O)OC3=O)=C(O)O4)OC2=O)=C(O)O1. The average Bonchev–Trinajstić information content (AvgIpc) is 3.04. The molecule has 3 fully saturated rings. The van der Waals surface area contributed by atoms with Crippen molar-refractivity contribution >= 4 is 41.6 Å². The molecule has 0 aromatic carbocycles. The first-order valence-corrected chi connectivity index (χ1v) is 16.2. The number of allylic oxidation sites excluding steroid dienone is 8. The van der Waals surface area contributed by atoms with E-state index < -0.39 is 99.8 Å². The molecule has 0 bridgehead atoms. The summed E-state index contributed by atoms with van der Waals surface area (Å²) in [4.78, 5) is 87.1. The van der Waals surface area contributed by atoms with Crippen molar-refractivity contribution in [3.63, 3.8) is 0 Å². The number of Topliss-reactive ketones (excluding diaryl/α,β-unsaturated/α-hetero) is 1. The second-order valence-electron chi connectivity index (χ2n) is 12.5. The molecule has 0 aromatic heterocycles. The van der Waals surface area contributed by atoms with Crippen molar-refractivity contribution in [3.8, 4) is 0 Å². The molecule has 4 heterocycles. The first-order valence-electron chi connectivity index (χ1n) is 16.2. The first kappa shape index (κ1) is 38.8. The minimum absolute atomic E-state index is 0.0335. The summed E-state index contributed by atoms with van der Waals surface area (Å²) in [6.45, 7) is 3.50. The van der Waals surface area contributed by atoms with E-state index in [-0.39, 0.29) is 31.4 Å². The standard InChI is InChI=1S/C36H34O18/c1-20(37)34(3)49-27(40)22(28(41)50-34)13-8-6-10-15-24-31(44)53-36(54-32(24)45)17-11-16-35(18-36)51-29(42)23(30(43)52-35)14-9-5-7-12-21-25(38)47-33(2,19-46-4)48-26(21)39/h5-10,12-15,38,44H,11,16-19H2,1-4H3/b8-6+,9-5+,12-7+,15-10+,22-13?,23-14?. The Hall–Kier alpha value is -6.43. The zero-order valence-electron chi connectivity index (χ0n) is 29.2. The summed E-state index contributed by atoms with van der Waals surface area (Å²) in [6, 6.07) is 0. The van der Waals surface area contributed by atoms with Crippen molar-refractivity contribution in [1.29, 1.82) is 0 Å². The number of ketones is 1. The Kier molecular flexibility index (Phi) is 10.7. The molecule has 1 aliphatic carbocycles. The summed E-state index contributed by atoms with van der Waals surface area (Å²) in [5.74, 6) is -15.6. The van der Waals surface area contributed by atoms with Crippen molar-refractivity contribution in [2.24, 2.45) is 0 Å². The van der Waals surface area contributed by atoms with Crippen molar-refractivity contribution in [2.75, 3.05) is 13.7 Å². The van der Waals surface area contributed by atoms with E-state index >= 15 is 0 Å². The number of methoxy groups -OCH3 is 1. The Labute approximate surface area is 306 Å². The van der Waals surface area contributed by atoms with Gasteiger partial charge in [0.25, 0.3) is 29.3 Å². The van der Waals surface area contributed by atoms with Crippen molar-refractivity contribution in [1.82, 2.24) is 0 Å². The number of ether oxygens (including phenoxy) is 9. The molecule has 286 valence electrons. The number of rotatable bonds is 9. The molecule has 2 saturated heterocycles. The lowest BCUT2D eigenvalue weighted by Crippen LogP contribution is -2.57. The quantitative estimate of drug-likeness (QED) is 0.113. The number of hydrogen-bond donors (Lipinski definition) is 2. The van der Waals surface area contributed by atoms with Gasteiger partial charge in [-0.05, 0) is 30.7 Å². The van der Waals surface area contributed by atoms with Crippen LogP contribution < -0.4 is 0 Å². The predicted octanol–water partition coefficient (Wildman–Crippen LogP) is 2.58. The highest BCUT2D eigenvalue weighted by Gasteiger charge is 2.58. The lowest BCUT2D eigenvalue weighted by molar-refractivity contribution is -0.314. The summed E-state index contributed by atoms with van der Waals surface area (Å²) in [5, 5.41) is 20.8. The smallest absolute Gasteiger partial charge is 0.349 e. The maximum atomic E-state index is 13.0. The second kappa shape index (κ2) is 14.9. The molecule has 2 unspecified atom stereocenters. The van der Waals surface area contributed by atoms with Gasteiger partial charge in [0.1, 0.15) is 35.3 Å². The maximum absolute atomic E-state index is 13.0. The van der Waals surface area contributed by atoms with Crippen molar-refractivity contribution < 1.29 is 86.4 Å². The van der Waals surface area contributed by atoms with E-state index in [4.69, 9.17) is 42.6 Å². The molecule has 5 rings (SSSR count). The summed E-state index contributed by atoms with van der Waals surface area (Å²) in [7, 11) is 1.36. The van der Waals surface area contributed by atoms with Crippen LogP contribution in [0.1, 0.15) is 46.5 Å². The van der Waals surface area contributed by atoms with Gasteiger partial charge in [-0.2, -0.15) is 0 Å². The summed E-state index contributed by atoms with van der Waals surface area (Å²) in [5.41, 5.74) is -1.66. The number of carbonyl (C=O) groups excluding carboxylic acids is 7. The molecule has 0 amide bonds. The number of esters is 6. The van der Waals surface area contributed by atoms with Gasteiger partial charge < -0.3 is 52.8 Å². The van der Waals surface area contributed by atoms with E-state index in [1.54, 1.807) is 0 Å². The summed E-state index contributed by atoms with van der Waals surface area (Å²) >= 11 is 0. The van der Waals surface area contributed by atoms with E-state index in [1.165, 1.54) is 56.6 Å². The molecular formula is C36H34O18. The van der Waals surface area contributed by atoms with Gasteiger partial charge in [-0.1, -0.05) is 36.5 Å². The molecule has 2 spiro atoms. The van der Waals surface area contributed by atoms with Crippen LogP contribution in [0.3, 0.4) is 0 Å². The van der Waals surface area contributed by atoms with Crippen LogP contribution >= 0.6 is 0 Å². The molecule has 54 heavy (non-hydrogen) atoms. The van der Waals surface area contributed by atoms with Gasteiger partial charge in [0.15, 0.2) is 0 Å². The third-order valence-electron chi connectivity index (χ3n) is 8.29. The highest BCUT2D eigenvalue weighted by molar-refractivity contribution is 6.17. The van der Waals surface area contributed by atoms with Gasteiger partial charge >= 0.3 is 41.6 Å². The van der Waals surface area contributed by atoms with Crippen LogP contribution in [-0.2, 0) is 76.2 Å². The number of aliphatic hydroxyl groups is 2. The third kappa shape index (κ3) is 8.12. The van der Waals surface area contributed by atoms with E-state index in [0.717, 1.165) is 32.1 Å². The van der Waals surface area contributed by atoms with E-state index in [0.29, 0.717) is 0 Å². The minimum atomic E-state index is -2.03. The number of cyclic esters (lactones) is 3. The third-order valence-corrected chi connectivity index (χ3v) is 8.29. The fourth-order valence-electron chi connectivity index (χ4n) is 5.62. The monoisotopic (exact) mass is 754 g/mol. The normalized spacial score (nSPS) is 30.4. The Morgan fingerprint density at radius 3 is 1.54 bits per heavy atom. The lowest BCUT2D eigenvalue weighted by atomic mass is 9.87. The van der Waals surface area contributed by atoms with Crippen LogP contribution in [0, 0.1) is 0 Å². The molecule has 2 N–H and O–H groups in total. The summed E-state index contributed by atoms with van der Waals surface area (Å²) in [6.07, 6.45) is 12.0. The molecule has 18 heteroatoms. The van der Waals surface area contributed by atoms with E-state index in [1.807, 2.05) is 0 Å². The molecule has 2 atom stereocenters. The van der Waals surface area contributed by atoms with E-state index in [9.17, 15) is 43.8 Å². The van der Waals surface area contributed by atoms with Crippen molar-refractivity contribution in [3.05, 3.63) is 94.9 Å². The zero-order chi connectivity index (χ0) is 39.5. The minimum Gasteiger partial charge on any atom is -0.480 e. The van der Waals surface area contributed by atoms with Crippen LogP contribution in [-0.4, -0.2) is 88.7 Å². The Balaban J connectivity index is 1.20. The van der Waals surface area contributed by atoms with E-state index in [2.05, 4.69) is 0 Å². The van der Waals surface area contributed by atoms with Crippen LogP contribution in [0.4, 0.5) is 0 Å². The predicted molar refractivity (Wildman–Crippen MR) is 174 cm³/mol. The molecule has 1 saturated carbocycles. The molecule has 0 radical (unpaired) electrons. The Morgan fingerprint density at radius 2 is 1.07 bits per heavy atom.